The normalized spacial score (nSPS) is 17.4. The van der Waals surface area contributed by atoms with Gasteiger partial charge in [-0.2, -0.15) is 0 Å². The third kappa shape index (κ3) is 4.25. The number of hydrogen-bond donors (Lipinski definition) is 1. The zero-order valence-electron chi connectivity index (χ0n) is 17.0. The minimum Gasteiger partial charge on any atom is -0.497 e. The van der Waals surface area contributed by atoms with Crippen molar-refractivity contribution in [3.05, 3.63) is 59.7 Å². The highest BCUT2D eigenvalue weighted by Crippen LogP contribution is 2.30. The molecular formula is C24H27N3O2. The molecule has 0 spiro atoms. The highest BCUT2D eigenvalue weighted by Gasteiger charge is 2.25. The predicted molar refractivity (Wildman–Crippen MR) is 116 cm³/mol. The number of ether oxygens (including phenoxy) is 1. The third-order valence-electron chi connectivity index (χ3n) is 5.72. The van der Waals surface area contributed by atoms with Crippen molar-refractivity contribution in [3.63, 3.8) is 0 Å². The van der Waals surface area contributed by atoms with Gasteiger partial charge in [0.1, 0.15) is 5.75 Å². The topological polar surface area (TPSA) is 68.4 Å². The van der Waals surface area contributed by atoms with Crippen molar-refractivity contribution in [1.29, 1.82) is 0 Å². The quantitative estimate of drug-likeness (QED) is 0.718. The molecule has 1 aromatic heterocycles. The number of likely N-dealkylation sites (tertiary alicyclic amines) is 1. The first-order valence-electron chi connectivity index (χ1n) is 10.1. The second kappa shape index (κ2) is 8.21. The molecule has 1 aliphatic rings. The Morgan fingerprint density at radius 3 is 2.72 bits per heavy atom. The molecule has 2 heterocycles. The first-order valence-corrected chi connectivity index (χ1v) is 10.1. The number of hydrogen-bond acceptors (Lipinski definition) is 4. The summed E-state index contributed by atoms with van der Waals surface area (Å²) in [7, 11) is 1.67. The number of benzene rings is 2. The van der Waals surface area contributed by atoms with Gasteiger partial charge in [0.05, 0.1) is 24.2 Å². The second-order valence-electron chi connectivity index (χ2n) is 7.90. The number of carbonyl (C=O) groups excluding carboxylic acids is 1. The van der Waals surface area contributed by atoms with Crippen LogP contribution in [0.3, 0.4) is 0 Å². The van der Waals surface area contributed by atoms with Crippen LogP contribution < -0.4 is 10.5 Å². The number of piperidine rings is 1. The van der Waals surface area contributed by atoms with Crippen molar-refractivity contribution in [2.24, 2.45) is 11.7 Å². The van der Waals surface area contributed by atoms with Crippen molar-refractivity contribution in [1.82, 2.24) is 9.88 Å². The standard InChI is InChI=1S/C24H27N3O2/c1-16-5-6-18-13-20(15-27-11-3-4-19(14-27)24(25)28)23(26-22(18)12-16)17-7-9-21(29-2)10-8-17/h5-10,12-13,19H,3-4,11,14-15H2,1-2H3,(H2,25,28)/t19-/m0/s1. The first-order chi connectivity index (χ1) is 14.0. The summed E-state index contributed by atoms with van der Waals surface area (Å²) in [4.78, 5) is 19.0. The molecule has 3 aromatic rings. The van der Waals surface area contributed by atoms with Gasteiger partial charge in [-0.1, -0.05) is 12.1 Å². The van der Waals surface area contributed by atoms with Crippen LogP contribution in [-0.2, 0) is 11.3 Å². The van der Waals surface area contributed by atoms with Gasteiger partial charge in [0.25, 0.3) is 0 Å². The molecule has 4 rings (SSSR count). The summed E-state index contributed by atoms with van der Waals surface area (Å²) in [6, 6.07) is 16.6. The highest BCUT2D eigenvalue weighted by atomic mass is 16.5. The summed E-state index contributed by atoms with van der Waals surface area (Å²) in [5.74, 6) is 0.564. The van der Waals surface area contributed by atoms with Crippen molar-refractivity contribution in [3.8, 4) is 17.0 Å². The SMILES string of the molecule is COc1ccc(-c2nc3cc(C)ccc3cc2CN2CCC[C@H](C(N)=O)C2)cc1. The van der Waals surface area contributed by atoms with Crippen LogP contribution in [0.25, 0.3) is 22.2 Å². The molecule has 5 nitrogen and oxygen atoms in total. The molecule has 0 bridgehead atoms. The van der Waals surface area contributed by atoms with Crippen molar-refractivity contribution in [2.75, 3.05) is 20.2 Å². The molecule has 29 heavy (non-hydrogen) atoms. The van der Waals surface area contributed by atoms with Gasteiger partial charge in [-0.25, -0.2) is 4.98 Å². The fourth-order valence-corrected chi connectivity index (χ4v) is 4.11. The average molecular weight is 389 g/mol. The molecule has 5 heteroatoms. The Balaban J connectivity index is 1.74. The molecule has 1 atom stereocenters. The van der Waals surface area contributed by atoms with E-state index < -0.39 is 0 Å². The number of nitrogens with two attached hydrogens (primary N) is 1. The summed E-state index contributed by atoms with van der Waals surface area (Å²) in [6.45, 7) is 4.52. The number of fused-ring (bicyclic) bond motifs is 1. The number of aryl methyl sites for hydroxylation is 1. The van der Waals surface area contributed by atoms with E-state index in [2.05, 4.69) is 48.2 Å². The zero-order valence-corrected chi connectivity index (χ0v) is 17.0. The molecule has 0 unspecified atom stereocenters. The summed E-state index contributed by atoms with van der Waals surface area (Å²) < 4.78 is 5.30. The third-order valence-corrected chi connectivity index (χ3v) is 5.72. The Labute approximate surface area is 171 Å². The molecule has 1 saturated heterocycles. The van der Waals surface area contributed by atoms with Crippen LogP contribution in [-0.4, -0.2) is 36.0 Å². The van der Waals surface area contributed by atoms with Crippen LogP contribution in [0.5, 0.6) is 5.75 Å². The fourth-order valence-electron chi connectivity index (χ4n) is 4.11. The van der Waals surface area contributed by atoms with Gasteiger partial charge < -0.3 is 10.5 Å². The number of rotatable bonds is 5. The molecule has 0 radical (unpaired) electrons. The minimum atomic E-state index is -0.197. The van der Waals surface area contributed by atoms with Crippen molar-refractivity contribution in [2.45, 2.75) is 26.3 Å². The zero-order chi connectivity index (χ0) is 20.4. The lowest BCUT2D eigenvalue weighted by Crippen LogP contribution is -2.40. The maximum absolute atomic E-state index is 11.7. The Morgan fingerprint density at radius 2 is 2.00 bits per heavy atom. The molecule has 1 amide bonds. The van der Waals surface area contributed by atoms with E-state index in [1.807, 2.05) is 12.1 Å². The van der Waals surface area contributed by atoms with E-state index in [1.165, 1.54) is 5.56 Å². The van der Waals surface area contributed by atoms with Crippen LogP contribution in [0.2, 0.25) is 0 Å². The largest absolute Gasteiger partial charge is 0.497 e. The van der Waals surface area contributed by atoms with Crippen LogP contribution in [0.15, 0.2) is 48.5 Å². The van der Waals surface area contributed by atoms with E-state index in [0.717, 1.165) is 59.4 Å². The van der Waals surface area contributed by atoms with Crippen LogP contribution in [0.1, 0.15) is 24.0 Å². The van der Waals surface area contributed by atoms with E-state index in [4.69, 9.17) is 15.5 Å². The average Bonchev–Trinajstić information content (AvgIpc) is 2.74. The van der Waals surface area contributed by atoms with Crippen LogP contribution >= 0.6 is 0 Å². The van der Waals surface area contributed by atoms with Crippen molar-refractivity contribution < 1.29 is 9.53 Å². The molecule has 2 aromatic carbocycles. The number of amides is 1. The van der Waals surface area contributed by atoms with Gasteiger partial charge in [-0.15, -0.1) is 0 Å². The first kappa shape index (κ1) is 19.4. The van der Waals surface area contributed by atoms with Gasteiger partial charge in [-0.3, -0.25) is 9.69 Å². The Hall–Kier alpha value is -2.92. The maximum atomic E-state index is 11.7. The smallest absolute Gasteiger partial charge is 0.221 e. The number of pyridine rings is 1. The van der Waals surface area contributed by atoms with Gasteiger partial charge >= 0.3 is 0 Å². The van der Waals surface area contributed by atoms with E-state index >= 15 is 0 Å². The predicted octanol–water partition coefficient (Wildman–Crippen LogP) is 3.92. The lowest BCUT2D eigenvalue weighted by atomic mass is 9.96. The fraction of sp³-hybridized carbons (Fsp3) is 0.333. The molecule has 150 valence electrons. The minimum absolute atomic E-state index is 0.0655. The van der Waals surface area contributed by atoms with E-state index in [-0.39, 0.29) is 11.8 Å². The molecule has 2 N–H and O–H groups in total. The number of nitrogens with zero attached hydrogens (tertiary/aromatic N) is 2. The molecule has 0 saturated carbocycles. The Bertz CT molecular complexity index is 1030. The van der Waals surface area contributed by atoms with Gasteiger partial charge in [-0.05, 0) is 73.8 Å². The lowest BCUT2D eigenvalue weighted by Gasteiger charge is -2.31. The Morgan fingerprint density at radius 1 is 1.21 bits per heavy atom. The second-order valence-corrected chi connectivity index (χ2v) is 7.90. The summed E-state index contributed by atoms with van der Waals surface area (Å²) in [5.41, 5.74) is 11.0. The number of carbonyl (C=O) groups is 1. The molecule has 0 aliphatic carbocycles. The van der Waals surface area contributed by atoms with Crippen LogP contribution in [0.4, 0.5) is 0 Å². The van der Waals surface area contributed by atoms with Crippen molar-refractivity contribution >= 4 is 16.8 Å². The van der Waals surface area contributed by atoms with Gasteiger partial charge in [0.2, 0.25) is 5.91 Å². The number of primary amides is 1. The summed E-state index contributed by atoms with van der Waals surface area (Å²) >= 11 is 0. The van der Waals surface area contributed by atoms with Gasteiger partial charge in [0, 0.05) is 24.0 Å². The van der Waals surface area contributed by atoms with Gasteiger partial charge in [0.15, 0.2) is 0 Å². The molecule has 1 aliphatic heterocycles. The number of aromatic nitrogens is 1. The monoisotopic (exact) mass is 389 g/mol. The van der Waals surface area contributed by atoms with Crippen LogP contribution in [0, 0.1) is 12.8 Å². The summed E-state index contributed by atoms with van der Waals surface area (Å²) in [5, 5.41) is 1.13. The molecule has 1 fully saturated rings. The lowest BCUT2D eigenvalue weighted by molar-refractivity contribution is -0.123. The molecular weight excluding hydrogens is 362 g/mol. The maximum Gasteiger partial charge on any atom is 0.221 e. The highest BCUT2D eigenvalue weighted by molar-refractivity contribution is 5.84. The Kier molecular flexibility index (Phi) is 5.49. The van der Waals surface area contributed by atoms with E-state index in [1.54, 1.807) is 7.11 Å². The van der Waals surface area contributed by atoms with E-state index in [9.17, 15) is 4.79 Å². The summed E-state index contributed by atoms with van der Waals surface area (Å²) in [6.07, 6.45) is 1.87. The number of methoxy groups -OCH3 is 1. The van der Waals surface area contributed by atoms with E-state index in [0.29, 0.717) is 6.54 Å².